The fraction of sp³-hybridized carbons (Fsp3) is 0.471. The number of hydrogen-bond donors (Lipinski definition) is 0. The highest BCUT2D eigenvalue weighted by Crippen LogP contribution is 2.41. The zero-order chi connectivity index (χ0) is 16.4. The van der Waals surface area contributed by atoms with Gasteiger partial charge in [-0.05, 0) is 11.5 Å². The zero-order valence-corrected chi connectivity index (χ0v) is 12.9. The fourth-order valence-corrected chi connectivity index (χ4v) is 3.54. The zero-order valence-electron chi connectivity index (χ0n) is 12.9. The van der Waals surface area contributed by atoms with Crippen LogP contribution in [-0.2, 0) is 25.7 Å². The van der Waals surface area contributed by atoms with Gasteiger partial charge in [-0.1, -0.05) is 30.3 Å². The van der Waals surface area contributed by atoms with Gasteiger partial charge >= 0.3 is 12.1 Å². The molecule has 1 saturated carbocycles. The minimum absolute atomic E-state index is 0.0240. The topological polar surface area (TPSA) is 72.9 Å². The van der Waals surface area contributed by atoms with Crippen molar-refractivity contribution < 1.29 is 23.9 Å². The molecule has 1 aliphatic carbocycles. The first kappa shape index (κ1) is 15.5. The molecule has 6 nitrogen and oxygen atoms in total. The van der Waals surface area contributed by atoms with Gasteiger partial charge in [0, 0.05) is 25.3 Å². The molecule has 0 N–H and O–H groups in total. The molecule has 23 heavy (non-hydrogen) atoms. The third kappa shape index (κ3) is 3.06. The largest absolute Gasteiger partial charge is 0.467 e. The lowest BCUT2D eigenvalue weighted by atomic mass is 9.94. The Balaban J connectivity index is 1.69. The summed E-state index contributed by atoms with van der Waals surface area (Å²) in [5.74, 6) is -0.467. The summed E-state index contributed by atoms with van der Waals surface area (Å²) in [4.78, 5) is 37.5. The van der Waals surface area contributed by atoms with Gasteiger partial charge in [-0.3, -0.25) is 9.69 Å². The summed E-state index contributed by atoms with van der Waals surface area (Å²) in [6.07, 6.45) is 0.208. The minimum Gasteiger partial charge on any atom is -0.467 e. The second kappa shape index (κ2) is 6.40. The van der Waals surface area contributed by atoms with Gasteiger partial charge in [-0.2, -0.15) is 0 Å². The molecular weight excluding hydrogens is 298 g/mol. The summed E-state index contributed by atoms with van der Waals surface area (Å²) in [5.41, 5.74) is 0.880. The molecule has 2 fully saturated rings. The molecule has 122 valence electrons. The maximum atomic E-state index is 12.4. The Labute approximate surface area is 134 Å². The molecule has 1 aromatic rings. The molecule has 0 aromatic heterocycles. The van der Waals surface area contributed by atoms with Crippen LogP contribution in [0.15, 0.2) is 30.3 Å². The van der Waals surface area contributed by atoms with Crippen LogP contribution < -0.4 is 0 Å². The van der Waals surface area contributed by atoms with E-state index in [1.807, 2.05) is 30.3 Å². The van der Waals surface area contributed by atoms with Gasteiger partial charge < -0.3 is 9.47 Å². The van der Waals surface area contributed by atoms with Gasteiger partial charge in [0.25, 0.3) is 0 Å². The Morgan fingerprint density at radius 3 is 2.65 bits per heavy atom. The van der Waals surface area contributed by atoms with Crippen LogP contribution in [0.4, 0.5) is 4.79 Å². The van der Waals surface area contributed by atoms with Crippen molar-refractivity contribution in [1.82, 2.24) is 4.90 Å². The van der Waals surface area contributed by atoms with Crippen LogP contribution in [0.5, 0.6) is 0 Å². The molecule has 0 bridgehead atoms. The third-order valence-corrected chi connectivity index (χ3v) is 4.61. The Morgan fingerprint density at radius 2 is 1.96 bits per heavy atom. The molecule has 1 heterocycles. The molecule has 1 aliphatic heterocycles. The average molecular weight is 317 g/mol. The van der Waals surface area contributed by atoms with Crippen molar-refractivity contribution in [2.24, 2.45) is 11.8 Å². The highest BCUT2D eigenvalue weighted by Gasteiger charge is 2.52. The Hall–Kier alpha value is -2.37. The van der Waals surface area contributed by atoms with Gasteiger partial charge in [0.2, 0.25) is 0 Å². The van der Waals surface area contributed by atoms with Crippen LogP contribution in [0.1, 0.15) is 18.4 Å². The minimum atomic E-state index is -0.722. The predicted octanol–water partition coefficient (Wildman–Crippen LogP) is 1.78. The summed E-state index contributed by atoms with van der Waals surface area (Å²) >= 11 is 0. The molecule has 0 radical (unpaired) electrons. The second-order valence-electron chi connectivity index (χ2n) is 6.03. The first-order valence-electron chi connectivity index (χ1n) is 7.67. The highest BCUT2D eigenvalue weighted by atomic mass is 16.6. The summed E-state index contributed by atoms with van der Waals surface area (Å²) in [6.45, 7) is 0.516. The molecule has 0 unspecified atom stereocenters. The van der Waals surface area contributed by atoms with Crippen molar-refractivity contribution >= 4 is 17.8 Å². The average Bonchev–Trinajstić information content (AvgIpc) is 3.08. The van der Waals surface area contributed by atoms with Crippen LogP contribution in [0.3, 0.4) is 0 Å². The van der Waals surface area contributed by atoms with E-state index in [0.29, 0.717) is 19.4 Å². The van der Waals surface area contributed by atoms with Crippen molar-refractivity contribution in [3.8, 4) is 0 Å². The standard InChI is InChI=1S/C17H19NO5/c1-22-16(20)15-14-8-13(19)7-12(14)9-18(15)17(21)23-10-11-5-3-2-4-6-11/h2-6,12,14-15H,7-10H2,1H3/t12-,14+,15+/m0/s1. The summed E-state index contributed by atoms with van der Waals surface area (Å²) in [7, 11) is 1.29. The van der Waals surface area contributed by atoms with Crippen molar-refractivity contribution in [3.63, 3.8) is 0 Å². The number of amides is 1. The molecule has 6 heteroatoms. The third-order valence-electron chi connectivity index (χ3n) is 4.61. The first-order valence-corrected chi connectivity index (χ1v) is 7.67. The van der Waals surface area contributed by atoms with Crippen molar-refractivity contribution in [3.05, 3.63) is 35.9 Å². The number of ether oxygens (including phenoxy) is 2. The molecule has 1 saturated heterocycles. The van der Waals surface area contributed by atoms with E-state index >= 15 is 0 Å². The Morgan fingerprint density at radius 1 is 1.22 bits per heavy atom. The van der Waals surface area contributed by atoms with Gasteiger partial charge in [-0.15, -0.1) is 0 Å². The lowest BCUT2D eigenvalue weighted by molar-refractivity contribution is -0.146. The molecule has 0 spiro atoms. The van der Waals surface area contributed by atoms with Gasteiger partial charge in [0.15, 0.2) is 0 Å². The molecule has 3 rings (SSSR count). The number of carbonyl (C=O) groups is 3. The number of esters is 1. The number of carbonyl (C=O) groups excluding carboxylic acids is 3. The van der Waals surface area contributed by atoms with E-state index in [2.05, 4.69) is 0 Å². The summed E-state index contributed by atoms with van der Waals surface area (Å²) in [5, 5.41) is 0. The number of Topliss-reactive ketones (excluding diaryl/α,β-unsaturated/α-hetero) is 1. The van der Waals surface area contributed by atoms with Gasteiger partial charge in [0.1, 0.15) is 18.4 Å². The lowest BCUT2D eigenvalue weighted by Gasteiger charge is -2.24. The van der Waals surface area contributed by atoms with Crippen molar-refractivity contribution in [1.29, 1.82) is 0 Å². The number of benzene rings is 1. The monoisotopic (exact) mass is 317 g/mol. The van der Waals surface area contributed by atoms with Crippen LogP contribution >= 0.6 is 0 Å². The van der Waals surface area contributed by atoms with E-state index in [0.717, 1.165) is 5.56 Å². The smallest absolute Gasteiger partial charge is 0.410 e. The number of rotatable bonds is 3. The number of likely N-dealkylation sites (tertiary alicyclic amines) is 1. The van der Waals surface area contributed by atoms with E-state index in [1.165, 1.54) is 12.0 Å². The number of ketones is 1. The molecule has 1 amide bonds. The van der Waals surface area contributed by atoms with Crippen LogP contribution in [0.2, 0.25) is 0 Å². The van der Waals surface area contributed by atoms with E-state index in [-0.39, 0.29) is 24.2 Å². The Bertz CT molecular complexity index is 615. The Kier molecular flexibility index (Phi) is 4.32. The normalized spacial score (nSPS) is 26.0. The quantitative estimate of drug-likeness (QED) is 0.795. The van der Waals surface area contributed by atoms with Gasteiger partial charge in [0.05, 0.1) is 7.11 Å². The number of methoxy groups -OCH3 is 1. The maximum Gasteiger partial charge on any atom is 0.410 e. The summed E-state index contributed by atoms with van der Waals surface area (Å²) in [6, 6.07) is 8.63. The molecule has 2 aliphatic rings. The van der Waals surface area contributed by atoms with Crippen LogP contribution in [-0.4, -0.2) is 42.4 Å². The fourth-order valence-electron chi connectivity index (χ4n) is 3.54. The molecule has 3 atom stereocenters. The first-order chi connectivity index (χ1) is 11.1. The van der Waals surface area contributed by atoms with Crippen LogP contribution in [0.25, 0.3) is 0 Å². The number of fused-ring (bicyclic) bond motifs is 1. The van der Waals surface area contributed by atoms with Crippen molar-refractivity contribution in [2.45, 2.75) is 25.5 Å². The van der Waals surface area contributed by atoms with E-state index < -0.39 is 18.1 Å². The highest BCUT2D eigenvalue weighted by molar-refractivity contribution is 5.87. The maximum absolute atomic E-state index is 12.4. The predicted molar refractivity (Wildman–Crippen MR) is 80.4 cm³/mol. The van der Waals surface area contributed by atoms with E-state index in [1.54, 1.807) is 0 Å². The second-order valence-corrected chi connectivity index (χ2v) is 6.03. The number of nitrogens with zero attached hydrogens (tertiary/aromatic N) is 1. The van der Waals surface area contributed by atoms with Crippen LogP contribution in [0, 0.1) is 11.8 Å². The SMILES string of the molecule is COC(=O)[C@H]1[C@@H]2CC(=O)C[C@H]2CN1C(=O)OCc1ccccc1. The van der Waals surface area contributed by atoms with E-state index in [9.17, 15) is 14.4 Å². The molecular formula is C17H19NO5. The lowest BCUT2D eigenvalue weighted by Crippen LogP contribution is -2.44. The van der Waals surface area contributed by atoms with E-state index in [4.69, 9.17) is 9.47 Å². The summed E-state index contributed by atoms with van der Waals surface area (Å²) < 4.78 is 10.1. The van der Waals surface area contributed by atoms with Crippen molar-refractivity contribution in [2.75, 3.05) is 13.7 Å². The number of hydrogen-bond acceptors (Lipinski definition) is 5. The molecule has 1 aromatic carbocycles. The van der Waals surface area contributed by atoms with Gasteiger partial charge in [-0.25, -0.2) is 9.59 Å².